The Morgan fingerprint density at radius 2 is 2.18 bits per heavy atom. The third kappa shape index (κ3) is 4.40. The quantitative estimate of drug-likeness (QED) is 0.646. The Balaban J connectivity index is 1.84. The van der Waals surface area contributed by atoms with Crippen molar-refractivity contribution in [3.63, 3.8) is 0 Å². The van der Waals surface area contributed by atoms with Crippen LogP contribution in [0.3, 0.4) is 0 Å². The molecule has 1 atom stereocenters. The maximum absolute atomic E-state index is 13.6. The molecule has 22 heavy (non-hydrogen) atoms. The van der Waals surface area contributed by atoms with Crippen LogP contribution in [0.5, 0.6) is 0 Å². The second-order valence-corrected chi connectivity index (χ2v) is 5.47. The van der Waals surface area contributed by atoms with E-state index in [2.05, 4.69) is 27.4 Å². The van der Waals surface area contributed by atoms with Gasteiger partial charge in [0, 0.05) is 31.7 Å². The fraction of sp³-hybridized carbons (Fsp3) is 0.562. The van der Waals surface area contributed by atoms with Gasteiger partial charge in [-0.15, -0.1) is 0 Å². The Labute approximate surface area is 130 Å². The van der Waals surface area contributed by atoms with Crippen molar-refractivity contribution >= 4 is 5.96 Å². The first-order valence-electron chi connectivity index (χ1n) is 7.76. The molecule has 1 aromatic rings. The van der Waals surface area contributed by atoms with Crippen molar-refractivity contribution < 1.29 is 8.78 Å². The van der Waals surface area contributed by atoms with Gasteiger partial charge < -0.3 is 10.6 Å². The molecule has 4 nitrogen and oxygen atoms in total. The highest BCUT2D eigenvalue weighted by atomic mass is 19.1. The number of rotatable bonds is 5. The van der Waals surface area contributed by atoms with Crippen LogP contribution in [-0.4, -0.2) is 43.6 Å². The van der Waals surface area contributed by atoms with E-state index in [-0.39, 0.29) is 6.54 Å². The van der Waals surface area contributed by atoms with Gasteiger partial charge in [0.05, 0.1) is 0 Å². The second kappa shape index (κ2) is 8.08. The van der Waals surface area contributed by atoms with Crippen LogP contribution in [0.1, 0.15) is 25.3 Å². The number of halogens is 2. The molecular formula is C16H24F2N4. The molecule has 1 unspecified atom stereocenters. The molecule has 1 heterocycles. The van der Waals surface area contributed by atoms with E-state index in [0.717, 1.165) is 31.8 Å². The highest BCUT2D eigenvalue weighted by Gasteiger charge is 2.22. The van der Waals surface area contributed by atoms with Gasteiger partial charge in [-0.1, -0.05) is 6.92 Å². The van der Waals surface area contributed by atoms with Crippen LogP contribution >= 0.6 is 0 Å². The van der Waals surface area contributed by atoms with E-state index >= 15 is 0 Å². The average molecular weight is 310 g/mol. The first kappa shape index (κ1) is 16.7. The zero-order valence-corrected chi connectivity index (χ0v) is 13.2. The normalized spacial score (nSPS) is 19.5. The van der Waals surface area contributed by atoms with Crippen LogP contribution in [0, 0.1) is 11.6 Å². The summed E-state index contributed by atoms with van der Waals surface area (Å²) in [4.78, 5) is 6.56. The number of likely N-dealkylation sites (tertiary alicyclic amines) is 1. The second-order valence-electron chi connectivity index (χ2n) is 5.47. The third-order valence-electron chi connectivity index (χ3n) is 4.09. The predicted octanol–water partition coefficient (Wildman–Crippen LogP) is 2.11. The van der Waals surface area contributed by atoms with Crippen molar-refractivity contribution in [2.45, 2.75) is 32.4 Å². The van der Waals surface area contributed by atoms with Gasteiger partial charge in [-0.2, -0.15) is 0 Å². The van der Waals surface area contributed by atoms with Crippen molar-refractivity contribution in [1.29, 1.82) is 0 Å². The minimum Gasteiger partial charge on any atom is -0.355 e. The minimum atomic E-state index is -0.439. The topological polar surface area (TPSA) is 39.7 Å². The number of aliphatic imine (C=N–C) groups is 1. The van der Waals surface area contributed by atoms with E-state index in [0.29, 0.717) is 17.6 Å². The maximum Gasteiger partial charge on any atom is 0.191 e. The molecule has 0 spiro atoms. The van der Waals surface area contributed by atoms with Crippen molar-refractivity contribution in [2.75, 3.05) is 26.7 Å². The van der Waals surface area contributed by atoms with Crippen LogP contribution in [0.4, 0.5) is 8.78 Å². The van der Waals surface area contributed by atoms with Crippen LogP contribution < -0.4 is 10.6 Å². The summed E-state index contributed by atoms with van der Waals surface area (Å²) in [5.41, 5.74) is 0.291. The van der Waals surface area contributed by atoms with E-state index in [1.54, 1.807) is 7.05 Å². The molecule has 0 aromatic heterocycles. The van der Waals surface area contributed by atoms with Crippen molar-refractivity contribution in [2.24, 2.45) is 4.99 Å². The molecular weight excluding hydrogens is 286 g/mol. The molecule has 1 fully saturated rings. The number of hydrogen-bond donors (Lipinski definition) is 2. The molecule has 0 saturated carbocycles. The highest BCUT2D eigenvalue weighted by Crippen LogP contribution is 2.15. The Bertz CT molecular complexity index is 519. The van der Waals surface area contributed by atoms with E-state index in [4.69, 9.17) is 0 Å². The average Bonchev–Trinajstić information content (AvgIpc) is 2.98. The molecule has 0 bridgehead atoms. The van der Waals surface area contributed by atoms with E-state index in [1.807, 2.05) is 0 Å². The van der Waals surface area contributed by atoms with E-state index < -0.39 is 11.6 Å². The summed E-state index contributed by atoms with van der Waals surface area (Å²) in [5.74, 6) is -0.255. The number of nitrogens with one attached hydrogen (secondary N) is 2. The van der Waals surface area contributed by atoms with Crippen molar-refractivity contribution in [3.8, 4) is 0 Å². The molecule has 1 aromatic carbocycles. The zero-order valence-electron chi connectivity index (χ0n) is 13.2. The third-order valence-corrected chi connectivity index (χ3v) is 4.09. The number of nitrogens with zero attached hydrogens (tertiary/aromatic N) is 2. The summed E-state index contributed by atoms with van der Waals surface area (Å²) >= 11 is 0. The first-order chi connectivity index (χ1) is 10.6. The summed E-state index contributed by atoms with van der Waals surface area (Å²) in [6.07, 6.45) is 2.40. The predicted molar refractivity (Wildman–Crippen MR) is 84.8 cm³/mol. The van der Waals surface area contributed by atoms with Gasteiger partial charge in [-0.25, -0.2) is 8.78 Å². The van der Waals surface area contributed by atoms with Crippen LogP contribution in [0.2, 0.25) is 0 Å². The molecule has 1 saturated heterocycles. The fourth-order valence-corrected chi connectivity index (χ4v) is 2.84. The lowest BCUT2D eigenvalue weighted by Crippen LogP contribution is -2.44. The summed E-state index contributed by atoms with van der Waals surface area (Å²) in [6, 6.07) is 3.96. The van der Waals surface area contributed by atoms with Gasteiger partial charge in [0.1, 0.15) is 11.6 Å². The van der Waals surface area contributed by atoms with Gasteiger partial charge in [0.25, 0.3) is 0 Å². The molecule has 2 rings (SSSR count). The molecule has 1 aliphatic heterocycles. The SMILES string of the molecule is CCN1CCCC1CNC(=NC)NCc1cc(F)ccc1F. The molecule has 6 heteroatoms. The smallest absolute Gasteiger partial charge is 0.191 e. The van der Waals surface area contributed by atoms with E-state index in [1.165, 1.54) is 18.9 Å². The Kier molecular flexibility index (Phi) is 6.12. The molecule has 122 valence electrons. The first-order valence-corrected chi connectivity index (χ1v) is 7.76. The zero-order chi connectivity index (χ0) is 15.9. The molecule has 0 radical (unpaired) electrons. The van der Waals surface area contributed by atoms with Crippen LogP contribution in [-0.2, 0) is 6.54 Å². The highest BCUT2D eigenvalue weighted by molar-refractivity contribution is 5.79. The Morgan fingerprint density at radius 1 is 1.36 bits per heavy atom. The standard InChI is InChI=1S/C16H24F2N4/c1-3-22-8-4-5-14(22)11-21-16(19-2)20-10-12-9-13(17)6-7-15(12)18/h6-7,9,14H,3-5,8,10-11H2,1-2H3,(H2,19,20,21). The molecule has 0 amide bonds. The van der Waals surface area contributed by atoms with Crippen LogP contribution in [0.15, 0.2) is 23.2 Å². The van der Waals surface area contributed by atoms with Gasteiger partial charge in [0.2, 0.25) is 0 Å². The van der Waals surface area contributed by atoms with Crippen LogP contribution in [0.25, 0.3) is 0 Å². The largest absolute Gasteiger partial charge is 0.355 e. The van der Waals surface area contributed by atoms with Gasteiger partial charge >= 0.3 is 0 Å². The summed E-state index contributed by atoms with van der Waals surface area (Å²) in [7, 11) is 1.67. The number of guanidine groups is 1. The van der Waals surface area contributed by atoms with Gasteiger partial charge in [0.15, 0.2) is 5.96 Å². The monoisotopic (exact) mass is 310 g/mol. The fourth-order valence-electron chi connectivity index (χ4n) is 2.84. The Morgan fingerprint density at radius 3 is 2.91 bits per heavy atom. The van der Waals surface area contributed by atoms with Crippen molar-refractivity contribution in [3.05, 3.63) is 35.4 Å². The lowest BCUT2D eigenvalue weighted by Gasteiger charge is -2.24. The number of benzene rings is 1. The van der Waals surface area contributed by atoms with Gasteiger partial charge in [-0.05, 0) is 44.1 Å². The number of likely N-dealkylation sites (N-methyl/N-ethyl adjacent to an activating group) is 1. The minimum absolute atomic E-state index is 0.200. The molecule has 2 N–H and O–H groups in total. The maximum atomic E-state index is 13.6. The summed E-state index contributed by atoms with van der Waals surface area (Å²) in [6.45, 7) is 5.36. The summed E-state index contributed by atoms with van der Waals surface area (Å²) in [5, 5.41) is 6.29. The summed E-state index contributed by atoms with van der Waals surface area (Å²) < 4.78 is 26.7. The van der Waals surface area contributed by atoms with Gasteiger partial charge in [-0.3, -0.25) is 9.89 Å². The molecule has 0 aliphatic carbocycles. The lowest BCUT2D eigenvalue weighted by atomic mass is 10.2. The van der Waals surface area contributed by atoms with E-state index in [9.17, 15) is 8.78 Å². The lowest BCUT2D eigenvalue weighted by molar-refractivity contribution is 0.267. The van der Waals surface area contributed by atoms with Crippen molar-refractivity contribution in [1.82, 2.24) is 15.5 Å². The molecule has 1 aliphatic rings. The Hall–Kier alpha value is -1.69. The number of hydrogen-bond acceptors (Lipinski definition) is 2.